The smallest absolute Gasteiger partial charge is 0.283 e. The zero-order valence-electron chi connectivity index (χ0n) is 19.3. The van der Waals surface area contributed by atoms with Gasteiger partial charge >= 0.3 is 0 Å². The number of hydrogen-bond donors (Lipinski definition) is 5. The van der Waals surface area contributed by atoms with Gasteiger partial charge in [0.1, 0.15) is 35.8 Å². The molecule has 3 rings (SSSR count). The number of thiazole rings is 1. The van der Waals surface area contributed by atoms with Crippen molar-refractivity contribution in [2.75, 3.05) is 24.8 Å². The van der Waals surface area contributed by atoms with Crippen LogP contribution in [0.5, 0.6) is 5.75 Å². The minimum atomic E-state index is -4.44. The van der Waals surface area contributed by atoms with Gasteiger partial charge in [-0.3, -0.25) is 19.6 Å². The maximum atomic E-state index is 13.0. The van der Waals surface area contributed by atoms with Gasteiger partial charge in [0.15, 0.2) is 17.5 Å². The fraction of sp³-hybridized carbons (Fsp3) is 0.350. The molecule has 0 saturated carbocycles. The minimum Gasteiger partial charge on any atom is -0.490 e. The van der Waals surface area contributed by atoms with Gasteiger partial charge in [-0.25, -0.2) is 4.98 Å². The molecule has 1 saturated heterocycles. The summed E-state index contributed by atoms with van der Waals surface area (Å²) in [6, 6.07) is 5.46. The van der Waals surface area contributed by atoms with Crippen molar-refractivity contribution in [1.82, 2.24) is 15.2 Å². The van der Waals surface area contributed by atoms with E-state index < -0.39 is 39.4 Å². The summed E-state index contributed by atoms with van der Waals surface area (Å²) in [6.07, 6.45) is 0. The zero-order valence-corrected chi connectivity index (χ0v) is 20.9. The number of anilines is 1. The summed E-state index contributed by atoms with van der Waals surface area (Å²) in [6.45, 7) is 3.12. The van der Waals surface area contributed by atoms with Crippen LogP contribution in [0.4, 0.5) is 5.13 Å². The van der Waals surface area contributed by atoms with E-state index in [1.165, 1.54) is 5.38 Å². The van der Waals surface area contributed by atoms with E-state index in [0.29, 0.717) is 11.3 Å². The van der Waals surface area contributed by atoms with Crippen molar-refractivity contribution in [2.45, 2.75) is 25.4 Å². The fourth-order valence-electron chi connectivity index (χ4n) is 3.30. The molecule has 2 heterocycles. The zero-order chi connectivity index (χ0) is 26.7. The van der Waals surface area contributed by atoms with E-state index in [1.54, 1.807) is 38.1 Å². The van der Waals surface area contributed by atoms with Crippen molar-refractivity contribution < 1.29 is 32.1 Å². The number of nitrogens with one attached hydrogen (secondary N) is 2. The first kappa shape index (κ1) is 26.8. The maximum Gasteiger partial charge on any atom is 0.283 e. The Morgan fingerprint density at radius 2 is 2.00 bits per heavy atom. The molecule has 194 valence electrons. The van der Waals surface area contributed by atoms with Crippen molar-refractivity contribution >= 4 is 49.9 Å². The Morgan fingerprint density at radius 1 is 1.33 bits per heavy atom. The summed E-state index contributed by atoms with van der Waals surface area (Å²) in [7, 11) is -4.44. The predicted octanol–water partition coefficient (Wildman–Crippen LogP) is -0.240. The van der Waals surface area contributed by atoms with Crippen LogP contribution in [0.3, 0.4) is 0 Å². The molecule has 2 aromatic rings. The number of hydrogen-bond acceptors (Lipinski definition) is 11. The number of amidine groups is 1. The van der Waals surface area contributed by atoms with Crippen molar-refractivity contribution in [1.29, 1.82) is 5.41 Å². The molecule has 1 fully saturated rings. The Balaban J connectivity index is 1.64. The second-order valence-electron chi connectivity index (χ2n) is 8.17. The third-order valence-corrected chi connectivity index (χ3v) is 6.49. The number of oxime groups is 1. The van der Waals surface area contributed by atoms with Crippen molar-refractivity contribution in [2.24, 2.45) is 10.9 Å². The first-order valence-electron chi connectivity index (χ1n) is 10.4. The number of amides is 2. The lowest BCUT2D eigenvalue weighted by Crippen LogP contribution is -2.77. The van der Waals surface area contributed by atoms with E-state index in [2.05, 4.69) is 15.5 Å². The quantitative estimate of drug-likeness (QED) is 0.0629. The van der Waals surface area contributed by atoms with Crippen LogP contribution in [-0.2, 0) is 24.5 Å². The number of benzene rings is 1. The summed E-state index contributed by atoms with van der Waals surface area (Å²) < 4.78 is 37.0. The molecule has 0 unspecified atom stereocenters. The molecule has 0 spiro atoms. The molecule has 1 aliphatic rings. The second-order valence-corrected chi connectivity index (χ2v) is 10.5. The highest BCUT2D eigenvalue weighted by molar-refractivity contribution is 7.85. The Labute approximate surface area is 210 Å². The van der Waals surface area contributed by atoms with Crippen molar-refractivity contribution in [3.05, 3.63) is 40.9 Å². The van der Waals surface area contributed by atoms with Crippen molar-refractivity contribution in [3.8, 4) is 5.75 Å². The molecule has 1 aromatic carbocycles. The predicted molar refractivity (Wildman–Crippen MR) is 131 cm³/mol. The van der Waals surface area contributed by atoms with E-state index in [4.69, 9.17) is 31.0 Å². The Hall–Kier alpha value is -3.76. The number of carbonyl (C=O) groups excluding carboxylic acids is 2. The number of rotatable bonds is 11. The van der Waals surface area contributed by atoms with E-state index in [0.717, 1.165) is 16.2 Å². The number of nitrogens with zero attached hydrogens (tertiary/aromatic N) is 3. The normalized spacial score (nSPS) is 17.3. The van der Waals surface area contributed by atoms with Gasteiger partial charge in [0.25, 0.3) is 16.0 Å². The topological polar surface area (TPSA) is 223 Å². The van der Waals surface area contributed by atoms with Crippen LogP contribution in [0.1, 0.15) is 25.1 Å². The lowest BCUT2D eigenvalue weighted by atomic mass is 9.82. The van der Waals surface area contributed by atoms with Crippen LogP contribution >= 0.6 is 11.3 Å². The number of ether oxygens (including phenoxy) is 1. The second kappa shape index (κ2) is 10.5. The Morgan fingerprint density at radius 3 is 2.53 bits per heavy atom. The van der Waals surface area contributed by atoms with Crippen LogP contribution in [0.15, 0.2) is 34.8 Å². The van der Waals surface area contributed by atoms with Gasteiger partial charge in [0.05, 0.1) is 5.54 Å². The van der Waals surface area contributed by atoms with E-state index in [9.17, 15) is 18.0 Å². The van der Waals surface area contributed by atoms with Crippen molar-refractivity contribution in [3.63, 3.8) is 0 Å². The molecular formula is C20H25N7O7S2. The molecule has 1 atom stereocenters. The van der Waals surface area contributed by atoms with Gasteiger partial charge in [-0.1, -0.05) is 5.16 Å². The maximum absolute atomic E-state index is 13.0. The summed E-state index contributed by atoms with van der Waals surface area (Å²) in [5.74, 6) is -1.92. The third kappa shape index (κ3) is 6.27. The average molecular weight is 540 g/mol. The molecule has 1 aromatic heterocycles. The fourth-order valence-corrected chi connectivity index (χ4v) is 4.64. The van der Waals surface area contributed by atoms with E-state index in [-0.39, 0.29) is 35.6 Å². The summed E-state index contributed by atoms with van der Waals surface area (Å²) in [4.78, 5) is 35.6. The molecule has 0 aliphatic carbocycles. The molecule has 7 N–H and O–H groups in total. The number of β-lactam (4-membered cyclic amide) rings is 1. The first-order valence-corrected chi connectivity index (χ1v) is 12.8. The van der Waals surface area contributed by atoms with Gasteiger partial charge in [0.2, 0.25) is 5.91 Å². The summed E-state index contributed by atoms with van der Waals surface area (Å²) >= 11 is 1.07. The molecule has 36 heavy (non-hydrogen) atoms. The molecule has 14 nitrogen and oxygen atoms in total. The SMILES string of the molecule is CC1(C)[C@H](NC(=O)/C(=N\OCCOc2ccc(C(=N)N)cc2)c2csc(N)n2)C(=O)N1CS(=O)(=O)O. The van der Waals surface area contributed by atoms with E-state index >= 15 is 0 Å². The third-order valence-electron chi connectivity index (χ3n) is 5.23. The number of likely N-dealkylation sites (tertiary alicyclic amines) is 1. The highest BCUT2D eigenvalue weighted by atomic mass is 32.2. The number of aromatic nitrogens is 1. The largest absolute Gasteiger partial charge is 0.490 e. The summed E-state index contributed by atoms with van der Waals surface area (Å²) in [5.41, 5.74) is 10.4. The van der Waals surface area contributed by atoms with Crippen LogP contribution in [-0.4, -0.2) is 76.9 Å². The molecule has 16 heteroatoms. The van der Waals surface area contributed by atoms with Gasteiger partial charge in [-0.05, 0) is 38.1 Å². The highest BCUT2D eigenvalue weighted by Gasteiger charge is 2.56. The lowest BCUT2D eigenvalue weighted by Gasteiger charge is -2.53. The number of nitrogen functional groups attached to an aromatic ring is 2. The Bertz CT molecular complexity index is 1290. The van der Waals surface area contributed by atoms with E-state index in [1.807, 2.05) is 0 Å². The highest BCUT2D eigenvalue weighted by Crippen LogP contribution is 2.32. The minimum absolute atomic E-state index is 0.0408. The van der Waals surface area contributed by atoms with Gasteiger partial charge in [-0.2, -0.15) is 8.42 Å². The number of carbonyl (C=O) groups is 2. The summed E-state index contributed by atoms with van der Waals surface area (Å²) in [5, 5.41) is 15.4. The van der Waals surface area contributed by atoms with Gasteiger partial charge in [-0.15, -0.1) is 11.3 Å². The monoisotopic (exact) mass is 539 g/mol. The first-order chi connectivity index (χ1) is 16.8. The molecule has 0 bridgehead atoms. The number of nitrogens with two attached hydrogens (primary N) is 2. The van der Waals surface area contributed by atoms with Gasteiger partial charge in [0, 0.05) is 10.9 Å². The van der Waals surface area contributed by atoms with Crippen LogP contribution in [0.2, 0.25) is 0 Å². The van der Waals surface area contributed by atoms with Crippen LogP contribution < -0.4 is 21.5 Å². The standard InChI is InChI=1S/C20H25N7O7S2/c1-20(2)15(18(29)27(20)10-36(30,31)32)25-17(28)14(13-9-35-19(23)24-13)26-34-8-7-33-12-5-3-11(4-6-12)16(21)22/h3-6,9,15H,7-8,10H2,1-2H3,(H3,21,22)(H2,23,24)(H,25,28)(H,30,31,32)/b26-14-/t15-/m1/s1. The Kier molecular flexibility index (Phi) is 7.80. The van der Waals surface area contributed by atoms with Crippen LogP contribution in [0, 0.1) is 5.41 Å². The molecule has 0 radical (unpaired) electrons. The molecular weight excluding hydrogens is 514 g/mol. The lowest BCUT2D eigenvalue weighted by molar-refractivity contribution is -0.159. The van der Waals surface area contributed by atoms with Crippen LogP contribution in [0.25, 0.3) is 0 Å². The molecule has 1 aliphatic heterocycles. The average Bonchev–Trinajstić information content (AvgIpc) is 3.23. The molecule has 2 amide bonds. The van der Waals surface area contributed by atoms with Gasteiger partial charge < -0.3 is 31.3 Å².